The first kappa shape index (κ1) is 11.2. The largest absolute Gasteiger partial charge is 0.464 e. The average molecular weight is 245 g/mol. The van der Waals surface area contributed by atoms with Crippen molar-refractivity contribution in [3.8, 4) is 0 Å². The highest BCUT2D eigenvalue weighted by Gasteiger charge is 2.27. The van der Waals surface area contributed by atoms with Crippen LogP contribution < -0.4 is 5.32 Å². The van der Waals surface area contributed by atoms with Crippen molar-refractivity contribution in [2.24, 2.45) is 0 Å². The topological polar surface area (TPSA) is 55.6 Å². The van der Waals surface area contributed by atoms with Crippen LogP contribution in [-0.4, -0.2) is 35.6 Å². The second kappa shape index (κ2) is 4.10. The van der Waals surface area contributed by atoms with Crippen molar-refractivity contribution in [1.82, 2.24) is 14.7 Å². The van der Waals surface area contributed by atoms with Gasteiger partial charge in [0.15, 0.2) is 5.69 Å². The molecule has 3 heterocycles. The summed E-state index contributed by atoms with van der Waals surface area (Å²) in [6.45, 7) is 3.85. The van der Waals surface area contributed by atoms with E-state index in [1.807, 2.05) is 29.7 Å². The number of hydrogen-bond acceptors (Lipinski definition) is 4. The molecule has 1 fully saturated rings. The maximum absolute atomic E-state index is 11.7. The number of ether oxygens (including phenoxy) is 1. The predicted octanol–water partition coefficient (Wildman–Crippen LogP) is 1.12. The third kappa shape index (κ3) is 1.59. The van der Waals surface area contributed by atoms with Gasteiger partial charge in [-0.15, -0.1) is 0 Å². The number of carbonyl (C=O) groups excluding carboxylic acids is 1. The molecule has 0 saturated carbocycles. The van der Waals surface area contributed by atoms with Crippen LogP contribution in [0.5, 0.6) is 0 Å². The highest BCUT2D eigenvalue weighted by atomic mass is 16.5. The molecule has 0 aliphatic carbocycles. The van der Waals surface area contributed by atoms with Gasteiger partial charge in [-0.3, -0.25) is 0 Å². The Labute approximate surface area is 105 Å². The number of aryl methyl sites for hydroxylation is 1. The van der Waals surface area contributed by atoms with Crippen molar-refractivity contribution < 1.29 is 9.53 Å². The first-order valence-electron chi connectivity index (χ1n) is 5.98. The molecule has 0 aromatic carbocycles. The van der Waals surface area contributed by atoms with Gasteiger partial charge in [-0.05, 0) is 18.6 Å². The Morgan fingerprint density at radius 3 is 2.89 bits per heavy atom. The van der Waals surface area contributed by atoms with Crippen LogP contribution >= 0.6 is 0 Å². The second-order valence-corrected chi connectivity index (χ2v) is 4.63. The van der Waals surface area contributed by atoms with Gasteiger partial charge in [-0.1, -0.05) is 6.07 Å². The number of methoxy groups -OCH3 is 1. The smallest absolute Gasteiger partial charge is 0.358 e. The van der Waals surface area contributed by atoms with Crippen molar-refractivity contribution in [2.75, 3.05) is 20.2 Å². The quantitative estimate of drug-likeness (QED) is 0.805. The molecule has 0 radical (unpaired) electrons. The molecule has 0 spiro atoms. The van der Waals surface area contributed by atoms with Crippen molar-refractivity contribution >= 4 is 11.5 Å². The molecule has 1 N–H and O–H groups in total. The molecule has 3 rings (SSSR count). The molecule has 1 saturated heterocycles. The van der Waals surface area contributed by atoms with Crippen molar-refractivity contribution in [3.05, 3.63) is 35.4 Å². The summed E-state index contributed by atoms with van der Waals surface area (Å²) in [4.78, 5) is 16.2. The zero-order valence-electron chi connectivity index (χ0n) is 10.4. The van der Waals surface area contributed by atoms with Gasteiger partial charge < -0.3 is 14.5 Å². The van der Waals surface area contributed by atoms with Crippen molar-refractivity contribution in [2.45, 2.75) is 12.8 Å². The summed E-state index contributed by atoms with van der Waals surface area (Å²) < 4.78 is 6.80. The van der Waals surface area contributed by atoms with E-state index in [-0.39, 0.29) is 5.97 Å². The molecular weight excluding hydrogens is 230 g/mol. The van der Waals surface area contributed by atoms with E-state index in [2.05, 4.69) is 10.3 Å². The van der Waals surface area contributed by atoms with E-state index in [0.717, 1.165) is 30.0 Å². The van der Waals surface area contributed by atoms with Crippen LogP contribution in [0.2, 0.25) is 0 Å². The summed E-state index contributed by atoms with van der Waals surface area (Å²) in [6.07, 6.45) is 2.02. The normalized spacial score (nSPS) is 15.7. The van der Waals surface area contributed by atoms with Crippen molar-refractivity contribution in [3.63, 3.8) is 0 Å². The Morgan fingerprint density at radius 1 is 1.50 bits per heavy atom. The maximum Gasteiger partial charge on any atom is 0.358 e. The van der Waals surface area contributed by atoms with Crippen LogP contribution in [-0.2, 0) is 4.74 Å². The van der Waals surface area contributed by atoms with Crippen LogP contribution in [0.3, 0.4) is 0 Å². The highest BCUT2D eigenvalue weighted by molar-refractivity contribution is 5.95. The van der Waals surface area contributed by atoms with Gasteiger partial charge in [0.1, 0.15) is 5.82 Å². The van der Waals surface area contributed by atoms with E-state index < -0.39 is 0 Å². The minimum atomic E-state index is -0.380. The summed E-state index contributed by atoms with van der Waals surface area (Å²) in [6, 6.07) is 3.90. The number of pyridine rings is 1. The van der Waals surface area contributed by atoms with Gasteiger partial charge in [0.2, 0.25) is 0 Å². The molecule has 0 unspecified atom stereocenters. The molecule has 94 valence electrons. The summed E-state index contributed by atoms with van der Waals surface area (Å²) in [5, 5.41) is 3.22. The number of hydrogen-bond donors (Lipinski definition) is 1. The van der Waals surface area contributed by atoms with Crippen molar-refractivity contribution in [1.29, 1.82) is 0 Å². The molecule has 5 heteroatoms. The Hall–Kier alpha value is -1.88. The maximum atomic E-state index is 11.7. The molecular formula is C13H15N3O2. The summed E-state index contributed by atoms with van der Waals surface area (Å²) in [5.74, 6) is 0.931. The lowest BCUT2D eigenvalue weighted by atomic mass is 10.0. The second-order valence-electron chi connectivity index (χ2n) is 4.63. The standard InChI is InChI=1S/C13H15N3O2/c1-8-3-4-10-11(13(17)18-2)15-12(16(10)7-8)9-5-14-6-9/h3-4,7,9,14H,5-6H2,1-2H3. The minimum absolute atomic E-state index is 0.373. The molecule has 0 atom stereocenters. The highest BCUT2D eigenvalue weighted by Crippen LogP contribution is 2.23. The molecule has 1 aliphatic rings. The van der Waals surface area contributed by atoms with E-state index >= 15 is 0 Å². The Bertz CT molecular complexity index is 614. The van der Waals surface area contributed by atoms with E-state index in [1.165, 1.54) is 7.11 Å². The number of nitrogens with zero attached hydrogens (tertiary/aromatic N) is 2. The summed E-state index contributed by atoms with van der Waals surface area (Å²) in [5.41, 5.74) is 2.36. The zero-order valence-corrected chi connectivity index (χ0v) is 10.4. The van der Waals surface area contributed by atoms with Crippen LogP contribution in [0.15, 0.2) is 18.3 Å². The molecule has 2 aromatic heterocycles. The molecule has 0 amide bonds. The van der Waals surface area contributed by atoms with E-state index in [1.54, 1.807) is 0 Å². The monoisotopic (exact) mass is 245 g/mol. The lowest BCUT2D eigenvalue weighted by molar-refractivity contribution is 0.0596. The molecule has 0 bridgehead atoms. The Kier molecular flexibility index (Phi) is 2.56. The van der Waals surface area contributed by atoms with Crippen LogP contribution in [0, 0.1) is 6.92 Å². The lowest BCUT2D eigenvalue weighted by Crippen LogP contribution is -2.40. The number of imidazole rings is 1. The Morgan fingerprint density at radius 2 is 2.28 bits per heavy atom. The van der Waals surface area contributed by atoms with E-state index in [0.29, 0.717) is 11.6 Å². The summed E-state index contributed by atoms with van der Waals surface area (Å²) in [7, 11) is 1.38. The fourth-order valence-electron chi connectivity index (χ4n) is 2.22. The first-order chi connectivity index (χ1) is 8.70. The average Bonchev–Trinajstić information content (AvgIpc) is 2.65. The van der Waals surface area contributed by atoms with Gasteiger partial charge in [0.25, 0.3) is 0 Å². The Balaban J connectivity index is 2.21. The van der Waals surface area contributed by atoms with Crippen LogP contribution in [0.25, 0.3) is 5.52 Å². The van der Waals surface area contributed by atoms with Gasteiger partial charge in [0.05, 0.1) is 12.6 Å². The van der Waals surface area contributed by atoms with E-state index in [4.69, 9.17) is 4.74 Å². The minimum Gasteiger partial charge on any atom is -0.464 e. The number of fused-ring (bicyclic) bond motifs is 1. The SMILES string of the molecule is COC(=O)c1nc(C2CNC2)n2cc(C)ccc12. The number of rotatable bonds is 2. The van der Waals surface area contributed by atoms with E-state index in [9.17, 15) is 4.79 Å². The first-order valence-corrected chi connectivity index (χ1v) is 5.98. The van der Waals surface area contributed by atoms with Gasteiger partial charge in [0, 0.05) is 25.2 Å². The number of carbonyl (C=O) groups is 1. The fourth-order valence-corrected chi connectivity index (χ4v) is 2.22. The predicted molar refractivity (Wildman–Crippen MR) is 66.9 cm³/mol. The molecule has 18 heavy (non-hydrogen) atoms. The van der Waals surface area contributed by atoms with Gasteiger partial charge >= 0.3 is 5.97 Å². The third-order valence-electron chi connectivity index (χ3n) is 3.34. The number of esters is 1. The van der Waals surface area contributed by atoms with Gasteiger partial charge in [-0.25, -0.2) is 9.78 Å². The van der Waals surface area contributed by atoms with Crippen LogP contribution in [0.1, 0.15) is 27.8 Å². The number of aromatic nitrogens is 2. The number of nitrogens with one attached hydrogen (secondary N) is 1. The fraction of sp³-hybridized carbons (Fsp3) is 0.385. The lowest BCUT2D eigenvalue weighted by Gasteiger charge is -2.25. The molecule has 2 aromatic rings. The third-order valence-corrected chi connectivity index (χ3v) is 3.34. The van der Waals surface area contributed by atoms with Crippen LogP contribution in [0.4, 0.5) is 0 Å². The van der Waals surface area contributed by atoms with Gasteiger partial charge in [-0.2, -0.15) is 0 Å². The zero-order chi connectivity index (χ0) is 12.7. The summed E-state index contributed by atoms with van der Waals surface area (Å²) >= 11 is 0. The molecule has 5 nitrogen and oxygen atoms in total. The molecule has 1 aliphatic heterocycles.